The summed E-state index contributed by atoms with van der Waals surface area (Å²) in [7, 11) is 0. The van der Waals surface area contributed by atoms with E-state index >= 15 is 0 Å². The largest absolute Gasteiger partial charge is 0.491 e. The predicted octanol–water partition coefficient (Wildman–Crippen LogP) is 2.98. The first-order chi connectivity index (χ1) is 13.7. The molecule has 0 aliphatic carbocycles. The summed E-state index contributed by atoms with van der Waals surface area (Å²) in [6, 6.07) is 1.88. The molecule has 0 spiro atoms. The molecule has 1 aliphatic rings. The molecule has 0 amide bonds. The molecule has 140 valence electrons. The van der Waals surface area contributed by atoms with Crippen molar-refractivity contribution in [2.24, 2.45) is 0 Å². The molecule has 0 saturated carbocycles. The van der Waals surface area contributed by atoms with E-state index in [9.17, 15) is 4.79 Å². The third-order valence-electron chi connectivity index (χ3n) is 5.07. The molecule has 0 aromatic carbocycles. The van der Waals surface area contributed by atoms with E-state index in [4.69, 9.17) is 10.00 Å². The standard InChI is InChI=1S/C19H16N6O2S/c1-10(25-9-11(5-20)6-23-25)15-13-3-2-4-27-16-14(13)18(19(26)24-15)28-17(16)12-7-21-22-8-12/h6-10H,2-4H2,1H3,(H,21,22)(H,24,26)/t10-/m0/s1. The summed E-state index contributed by atoms with van der Waals surface area (Å²) in [6.07, 6.45) is 8.42. The van der Waals surface area contributed by atoms with Gasteiger partial charge in [0.15, 0.2) is 0 Å². The van der Waals surface area contributed by atoms with Crippen LogP contribution in [0.4, 0.5) is 0 Å². The lowest BCUT2D eigenvalue weighted by Crippen LogP contribution is -2.18. The number of aryl methyl sites for hydroxylation is 1. The minimum Gasteiger partial charge on any atom is -0.491 e. The van der Waals surface area contributed by atoms with Crippen molar-refractivity contribution in [1.29, 1.82) is 5.26 Å². The van der Waals surface area contributed by atoms with Crippen LogP contribution in [0.1, 0.15) is 36.2 Å². The van der Waals surface area contributed by atoms with E-state index in [-0.39, 0.29) is 11.6 Å². The summed E-state index contributed by atoms with van der Waals surface area (Å²) in [6.45, 7) is 2.56. The number of aromatic amines is 2. The molecule has 28 heavy (non-hydrogen) atoms. The van der Waals surface area contributed by atoms with Gasteiger partial charge in [-0.05, 0) is 25.3 Å². The van der Waals surface area contributed by atoms with Gasteiger partial charge < -0.3 is 9.72 Å². The lowest BCUT2D eigenvalue weighted by Gasteiger charge is -2.17. The van der Waals surface area contributed by atoms with Crippen molar-refractivity contribution in [2.75, 3.05) is 6.61 Å². The van der Waals surface area contributed by atoms with Crippen molar-refractivity contribution in [3.8, 4) is 22.3 Å². The Morgan fingerprint density at radius 1 is 1.43 bits per heavy atom. The van der Waals surface area contributed by atoms with E-state index in [1.165, 1.54) is 17.5 Å². The van der Waals surface area contributed by atoms with Gasteiger partial charge in [0.2, 0.25) is 0 Å². The maximum absolute atomic E-state index is 12.9. The van der Waals surface area contributed by atoms with Crippen LogP contribution in [0.3, 0.4) is 0 Å². The minimum atomic E-state index is -0.211. The van der Waals surface area contributed by atoms with E-state index in [1.54, 1.807) is 23.3 Å². The SMILES string of the molecule is C[C@@H](c1[nH]c(=O)c2sc(-c3cn[nH]c3)c3c2c1CCCO3)n1cc(C#N)cn1. The van der Waals surface area contributed by atoms with Gasteiger partial charge in [0.1, 0.15) is 16.5 Å². The van der Waals surface area contributed by atoms with Crippen LogP contribution in [0.2, 0.25) is 0 Å². The molecule has 1 atom stereocenters. The summed E-state index contributed by atoms with van der Waals surface area (Å²) >= 11 is 1.43. The Bertz CT molecular complexity index is 1270. The van der Waals surface area contributed by atoms with Gasteiger partial charge in [0.25, 0.3) is 5.56 Å². The lowest BCUT2D eigenvalue weighted by atomic mass is 10.00. The quantitative estimate of drug-likeness (QED) is 0.557. The normalized spacial score (nSPS) is 14.4. The van der Waals surface area contributed by atoms with Gasteiger partial charge in [0, 0.05) is 29.0 Å². The van der Waals surface area contributed by atoms with Gasteiger partial charge in [-0.1, -0.05) is 0 Å². The van der Waals surface area contributed by atoms with Crippen LogP contribution in [0.25, 0.3) is 20.5 Å². The number of pyridine rings is 1. The van der Waals surface area contributed by atoms with Gasteiger partial charge in [-0.2, -0.15) is 15.5 Å². The smallest absolute Gasteiger partial charge is 0.266 e. The fourth-order valence-corrected chi connectivity index (χ4v) is 4.87. The Morgan fingerprint density at radius 3 is 3.07 bits per heavy atom. The molecule has 1 aliphatic heterocycles. The molecule has 2 N–H and O–H groups in total. The van der Waals surface area contributed by atoms with E-state index in [0.717, 1.165) is 45.7 Å². The van der Waals surface area contributed by atoms with Crippen LogP contribution in [-0.4, -0.2) is 31.6 Å². The number of nitriles is 1. The number of nitrogens with one attached hydrogen (secondary N) is 2. The van der Waals surface area contributed by atoms with Crippen molar-refractivity contribution in [3.05, 3.63) is 52.0 Å². The third kappa shape index (κ3) is 2.46. The van der Waals surface area contributed by atoms with Gasteiger partial charge in [-0.25, -0.2) is 0 Å². The maximum atomic E-state index is 12.9. The number of rotatable bonds is 3. The molecule has 4 aromatic heterocycles. The molecule has 8 nitrogen and oxygen atoms in total. The maximum Gasteiger partial charge on any atom is 0.266 e. The summed E-state index contributed by atoms with van der Waals surface area (Å²) in [5.41, 5.74) is 3.15. The molecule has 0 fully saturated rings. The molecule has 5 heterocycles. The molecule has 4 aromatic rings. The van der Waals surface area contributed by atoms with E-state index in [1.807, 2.05) is 6.92 Å². The fourth-order valence-electron chi connectivity index (χ4n) is 3.72. The highest BCUT2D eigenvalue weighted by Gasteiger charge is 2.27. The number of hydrogen-bond donors (Lipinski definition) is 2. The van der Waals surface area contributed by atoms with Gasteiger partial charge in [0.05, 0.1) is 35.5 Å². The average Bonchev–Trinajstić information content (AvgIpc) is 3.42. The van der Waals surface area contributed by atoms with Crippen molar-refractivity contribution >= 4 is 21.4 Å². The number of thiophene rings is 1. The fraction of sp³-hybridized carbons (Fsp3) is 0.263. The highest BCUT2D eigenvalue weighted by Crippen LogP contribution is 2.46. The van der Waals surface area contributed by atoms with Crippen LogP contribution in [0, 0.1) is 11.3 Å². The number of ether oxygens (including phenoxy) is 1. The van der Waals surface area contributed by atoms with Crippen LogP contribution in [-0.2, 0) is 6.42 Å². The highest BCUT2D eigenvalue weighted by atomic mass is 32.1. The zero-order valence-corrected chi connectivity index (χ0v) is 15.8. The van der Waals surface area contributed by atoms with Crippen molar-refractivity contribution in [3.63, 3.8) is 0 Å². The van der Waals surface area contributed by atoms with Crippen molar-refractivity contribution in [1.82, 2.24) is 25.0 Å². The second-order valence-electron chi connectivity index (χ2n) is 6.75. The van der Waals surface area contributed by atoms with E-state index in [0.29, 0.717) is 16.9 Å². The molecule has 0 saturated heterocycles. The van der Waals surface area contributed by atoms with Crippen LogP contribution in [0.5, 0.6) is 5.75 Å². The molecule has 0 bridgehead atoms. The Labute approximate surface area is 163 Å². The lowest BCUT2D eigenvalue weighted by molar-refractivity contribution is 0.321. The van der Waals surface area contributed by atoms with Crippen LogP contribution >= 0.6 is 11.3 Å². The zero-order chi connectivity index (χ0) is 19.3. The molecular weight excluding hydrogens is 376 g/mol. The number of hydrogen-bond acceptors (Lipinski definition) is 6. The Kier molecular flexibility index (Phi) is 3.80. The van der Waals surface area contributed by atoms with Gasteiger partial charge in [-0.15, -0.1) is 11.3 Å². The topological polar surface area (TPSA) is 112 Å². The first-order valence-corrected chi connectivity index (χ1v) is 9.76. The third-order valence-corrected chi connectivity index (χ3v) is 6.29. The number of nitrogens with zero attached hydrogens (tertiary/aromatic N) is 4. The first-order valence-electron chi connectivity index (χ1n) is 8.95. The number of H-pyrrole nitrogens is 2. The number of aromatic nitrogens is 5. The first kappa shape index (κ1) is 16.8. The summed E-state index contributed by atoms with van der Waals surface area (Å²) in [4.78, 5) is 16.9. The molecule has 0 unspecified atom stereocenters. The highest BCUT2D eigenvalue weighted by molar-refractivity contribution is 7.22. The molecular formula is C19H16N6O2S. The van der Waals surface area contributed by atoms with E-state index < -0.39 is 0 Å². The zero-order valence-electron chi connectivity index (χ0n) is 15.0. The summed E-state index contributed by atoms with van der Waals surface area (Å²) in [5, 5.41) is 21.1. The van der Waals surface area contributed by atoms with Crippen LogP contribution in [0.15, 0.2) is 29.6 Å². The Morgan fingerprint density at radius 2 is 2.32 bits per heavy atom. The monoisotopic (exact) mass is 392 g/mol. The van der Waals surface area contributed by atoms with E-state index in [2.05, 4.69) is 26.3 Å². The van der Waals surface area contributed by atoms with Crippen molar-refractivity contribution in [2.45, 2.75) is 25.8 Å². The molecule has 9 heteroatoms. The Hall–Kier alpha value is -3.38. The molecule has 0 radical (unpaired) electrons. The summed E-state index contributed by atoms with van der Waals surface area (Å²) in [5.74, 6) is 0.756. The van der Waals surface area contributed by atoms with Crippen LogP contribution < -0.4 is 10.3 Å². The minimum absolute atomic E-state index is 0.139. The second kappa shape index (κ2) is 6.35. The van der Waals surface area contributed by atoms with Gasteiger partial charge >= 0.3 is 0 Å². The summed E-state index contributed by atoms with van der Waals surface area (Å²) < 4.78 is 8.46. The average molecular weight is 392 g/mol. The van der Waals surface area contributed by atoms with Crippen molar-refractivity contribution < 1.29 is 4.74 Å². The molecule has 5 rings (SSSR count). The Balaban J connectivity index is 1.77. The van der Waals surface area contributed by atoms with Gasteiger partial charge in [-0.3, -0.25) is 14.6 Å². The second-order valence-corrected chi connectivity index (χ2v) is 7.77. The predicted molar refractivity (Wildman–Crippen MR) is 105 cm³/mol.